The van der Waals surface area contributed by atoms with Crippen molar-refractivity contribution < 1.29 is 9.63 Å². The molecular weight excluding hydrogens is 434 g/mol. The monoisotopic (exact) mass is 473 g/mol. The number of fused-ring (bicyclic) bond motifs is 1. The standard InChI is InChI=1S/C30H39N3O2/c1-5-30(6-2)22-25(21-29(3,4)33(30)35-20-19-23-13-8-7-9-14-23)31-28(34)32-27-18-12-16-24-15-10-11-17-26(24)27/h7-18,25H,5-6,19-22H2,1-4H3,(H2,31,32,34). The van der Waals surface area contributed by atoms with Gasteiger partial charge in [0.15, 0.2) is 0 Å². The molecule has 0 spiro atoms. The van der Waals surface area contributed by atoms with E-state index in [1.165, 1.54) is 5.56 Å². The number of urea groups is 1. The van der Waals surface area contributed by atoms with Crippen molar-refractivity contribution in [3.05, 3.63) is 78.4 Å². The lowest BCUT2D eigenvalue weighted by Gasteiger charge is -2.56. The van der Waals surface area contributed by atoms with E-state index in [4.69, 9.17) is 4.84 Å². The fraction of sp³-hybridized carbons (Fsp3) is 0.433. The van der Waals surface area contributed by atoms with Gasteiger partial charge in [0.2, 0.25) is 0 Å². The second kappa shape index (κ2) is 10.8. The van der Waals surface area contributed by atoms with Crippen molar-refractivity contribution in [2.45, 2.75) is 76.9 Å². The van der Waals surface area contributed by atoms with Gasteiger partial charge in [0.05, 0.1) is 12.3 Å². The minimum atomic E-state index is -0.210. The predicted molar refractivity (Wildman–Crippen MR) is 144 cm³/mol. The maximum Gasteiger partial charge on any atom is 0.319 e. The third-order valence-electron chi connectivity index (χ3n) is 7.50. The van der Waals surface area contributed by atoms with E-state index in [-0.39, 0.29) is 23.2 Å². The Morgan fingerprint density at radius 3 is 2.37 bits per heavy atom. The van der Waals surface area contributed by atoms with Gasteiger partial charge in [-0.05, 0) is 63.0 Å². The molecule has 1 atom stereocenters. The molecule has 5 nitrogen and oxygen atoms in total. The van der Waals surface area contributed by atoms with Gasteiger partial charge < -0.3 is 10.6 Å². The van der Waals surface area contributed by atoms with Crippen LogP contribution in [0, 0.1) is 0 Å². The van der Waals surface area contributed by atoms with E-state index in [2.05, 4.69) is 79.8 Å². The van der Waals surface area contributed by atoms with Crippen molar-refractivity contribution in [2.75, 3.05) is 11.9 Å². The summed E-state index contributed by atoms with van der Waals surface area (Å²) in [7, 11) is 0. The minimum Gasteiger partial charge on any atom is -0.335 e. The zero-order valence-electron chi connectivity index (χ0n) is 21.5. The van der Waals surface area contributed by atoms with Gasteiger partial charge >= 0.3 is 6.03 Å². The Bertz CT molecular complexity index is 1120. The van der Waals surface area contributed by atoms with Crippen LogP contribution in [-0.2, 0) is 11.3 Å². The Labute approximate surface area is 209 Å². The first kappa shape index (κ1) is 25.2. The maximum atomic E-state index is 13.1. The van der Waals surface area contributed by atoms with Crippen LogP contribution >= 0.6 is 0 Å². The molecule has 1 saturated heterocycles. The molecule has 35 heavy (non-hydrogen) atoms. The number of carbonyl (C=O) groups is 1. The Balaban J connectivity index is 1.44. The molecule has 0 aliphatic carbocycles. The molecule has 0 aromatic heterocycles. The Hall–Kier alpha value is -2.89. The van der Waals surface area contributed by atoms with Gasteiger partial charge in [-0.2, -0.15) is 5.06 Å². The van der Waals surface area contributed by atoms with Crippen LogP contribution in [0.5, 0.6) is 0 Å². The molecule has 1 fully saturated rings. The average Bonchev–Trinajstić information content (AvgIpc) is 2.85. The van der Waals surface area contributed by atoms with Gasteiger partial charge in [-0.1, -0.05) is 80.6 Å². The summed E-state index contributed by atoms with van der Waals surface area (Å²) in [5, 5.41) is 10.8. The van der Waals surface area contributed by atoms with Gasteiger partial charge in [-0.3, -0.25) is 4.84 Å². The minimum absolute atomic E-state index is 0.0637. The molecule has 1 heterocycles. The first-order chi connectivity index (χ1) is 16.9. The molecule has 3 aromatic carbocycles. The smallest absolute Gasteiger partial charge is 0.319 e. The largest absolute Gasteiger partial charge is 0.335 e. The molecule has 2 N–H and O–H groups in total. The SMILES string of the molecule is CCC1(CC)CC(NC(=O)Nc2cccc3ccccc23)CC(C)(C)N1OCCc1ccccc1. The number of hydrogen-bond acceptors (Lipinski definition) is 3. The summed E-state index contributed by atoms with van der Waals surface area (Å²) in [4.78, 5) is 19.6. The number of nitrogens with one attached hydrogen (secondary N) is 2. The van der Waals surface area contributed by atoms with Crippen LogP contribution in [0.3, 0.4) is 0 Å². The van der Waals surface area contributed by atoms with Crippen LogP contribution < -0.4 is 10.6 Å². The molecule has 0 saturated carbocycles. The van der Waals surface area contributed by atoms with E-state index in [1.54, 1.807) is 0 Å². The third kappa shape index (κ3) is 5.68. The molecular formula is C30H39N3O2. The fourth-order valence-corrected chi connectivity index (χ4v) is 5.76. The fourth-order valence-electron chi connectivity index (χ4n) is 5.76. The number of amides is 2. The van der Waals surface area contributed by atoms with Crippen LogP contribution in [0.4, 0.5) is 10.5 Å². The number of hydroxylamine groups is 2. The summed E-state index contributed by atoms with van der Waals surface area (Å²) in [5.41, 5.74) is 1.78. The number of hydrogen-bond donors (Lipinski definition) is 2. The molecule has 1 aliphatic heterocycles. The van der Waals surface area contributed by atoms with E-state index in [9.17, 15) is 4.79 Å². The summed E-state index contributed by atoms with van der Waals surface area (Å²) in [5.74, 6) is 0. The predicted octanol–water partition coefficient (Wildman–Crippen LogP) is 6.94. The van der Waals surface area contributed by atoms with Crippen LogP contribution in [0.25, 0.3) is 10.8 Å². The average molecular weight is 474 g/mol. The molecule has 0 bridgehead atoms. The van der Waals surface area contributed by atoms with E-state index in [0.29, 0.717) is 6.61 Å². The zero-order valence-corrected chi connectivity index (χ0v) is 21.5. The Morgan fingerprint density at radius 2 is 1.63 bits per heavy atom. The van der Waals surface area contributed by atoms with E-state index in [0.717, 1.165) is 48.6 Å². The molecule has 5 heteroatoms. The van der Waals surface area contributed by atoms with Gasteiger partial charge in [0.25, 0.3) is 0 Å². The summed E-state index contributed by atoms with van der Waals surface area (Å²) in [6.07, 6.45) is 4.48. The second-order valence-corrected chi connectivity index (χ2v) is 10.3. The highest BCUT2D eigenvalue weighted by molar-refractivity contribution is 6.01. The molecule has 2 amide bonds. The lowest BCUT2D eigenvalue weighted by molar-refractivity contribution is -0.293. The number of piperidine rings is 1. The van der Waals surface area contributed by atoms with Crippen LogP contribution in [0.15, 0.2) is 72.8 Å². The number of anilines is 1. The highest BCUT2D eigenvalue weighted by atomic mass is 16.7. The van der Waals surface area contributed by atoms with E-state index < -0.39 is 0 Å². The summed E-state index contributed by atoms with van der Waals surface area (Å²) >= 11 is 0. The Morgan fingerprint density at radius 1 is 0.943 bits per heavy atom. The van der Waals surface area contributed by atoms with Gasteiger partial charge in [-0.15, -0.1) is 0 Å². The molecule has 4 rings (SSSR count). The van der Waals surface area contributed by atoms with Crippen molar-refractivity contribution in [2.24, 2.45) is 0 Å². The van der Waals surface area contributed by atoms with E-state index in [1.807, 2.05) is 36.4 Å². The third-order valence-corrected chi connectivity index (χ3v) is 7.50. The number of rotatable bonds is 8. The van der Waals surface area contributed by atoms with Crippen LogP contribution in [0.2, 0.25) is 0 Å². The first-order valence-corrected chi connectivity index (χ1v) is 12.9. The zero-order chi connectivity index (χ0) is 24.9. The quantitative estimate of drug-likeness (QED) is 0.373. The molecule has 186 valence electrons. The molecule has 0 radical (unpaired) electrons. The van der Waals surface area contributed by atoms with E-state index >= 15 is 0 Å². The topological polar surface area (TPSA) is 53.6 Å². The summed E-state index contributed by atoms with van der Waals surface area (Å²) in [6, 6.07) is 24.5. The molecule has 1 aliphatic rings. The Kier molecular flexibility index (Phi) is 7.78. The lowest BCUT2D eigenvalue weighted by Crippen LogP contribution is -2.66. The second-order valence-electron chi connectivity index (χ2n) is 10.3. The van der Waals surface area contributed by atoms with Crippen molar-refractivity contribution in [3.8, 4) is 0 Å². The maximum absolute atomic E-state index is 13.1. The lowest BCUT2D eigenvalue weighted by atomic mass is 9.74. The number of carbonyl (C=O) groups excluding carboxylic acids is 1. The van der Waals surface area contributed by atoms with Crippen molar-refractivity contribution in [3.63, 3.8) is 0 Å². The van der Waals surface area contributed by atoms with Crippen molar-refractivity contribution >= 4 is 22.5 Å². The van der Waals surface area contributed by atoms with Crippen molar-refractivity contribution in [1.29, 1.82) is 0 Å². The molecule has 1 unspecified atom stereocenters. The molecule has 3 aromatic rings. The van der Waals surface area contributed by atoms with Crippen molar-refractivity contribution in [1.82, 2.24) is 10.4 Å². The normalized spacial score (nSPS) is 19.4. The highest BCUT2D eigenvalue weighted by Gasteiger charge is 2.50. The summed E-state index contributed by atoms with van der Waals surface area (Å²) in [6.45, 7) is 9.56. The number of nitrogens with zero attached hydrogens (tertiary/aromatic N) is 1. The van der Waals surface area contributed by atoms with Gasteiger partial charge in [-0.25, -0.2) is 4.79 Å². The highest BCUT2D eigenvalue weighted by Crippen LogP contribution is 2.43. The number of benzene rings is 3. The summed E-state index contributed by atoms with van der Waals surface area (Å²) < 4.78 is 0. The van der Waals surface area contributed by atoms with Crippen LogP contribution in [0.1, 0.15) is 58.9 Å². The van der Waals surface area contributed by atoms with Gasteiger partial charge in [0.1, 0.15) is 0 Å². The van der Waals surface area contributed by atoms with Gasteiger partial charge in [0, 0.05) is 22.5 Å². The first-order valence-electron chi connectivity index (χ1n) is 12.9. The van der Waals surface area contributed by atoms with Crippen LogP contribution in [-0.4, -0.2) is 34.8 Å².